The first-order valence-corrected chi connectivity index (χ1v) is 7.18. The van der Waals surface area contributed by atoms with E-state index in [0.29, 0.717) is 0 Å². The van der Waals surface area contributed by atoms with Crippen LogP contribution in [0.1, 0.15) is 30.0 Å². The predicted molar refractivity (Wildman–Crippen MR) is 91.5 cm³/mol. The van der Waals surface area contributed by atoms with Crippen molar-refractivity contribution in [3.8, 4) is 5.75 Å². The molecule has 3 heteroatoms. The van der Waals surface area contributed by atoms with Crippen LogP contribution in [0.3, 0.4) is 0 Å². The maximum Gasteiger partial charge on any atom is 0.122 e. The maximum atomic E-state index is 6.05. The summed E-state index contributed by atoms with van der Waals surface area (Å²) in [7, 11) is 1.72. The van der Waals surface area contributed by atoms with E-state index in [4.69, 9.17) is 10.5 Å². The monoisotopic (exact) mass is 305 g/mol. The van der Waals surface area contributed by atoms with Gasteiger partial charge in [0.1, 0.15) is 5.75 Å². The lowest BCUT2D eigenvalue weighted by molar-refractivity contribution is 0.410. The van der Waals surface area contributed by atoms with Gasteiger partial charge in [-0.05, 0) is 35.6 Å². The van der Waals surface area contributed by atoms with Gasteiger partial charge < -0.3 is 10.5 Å². The molecule has 0 aliphatic carbocycles. The maximum absolute atomic E-state index is 6.05. The summed E-state index contributed by atoms with van der Waals surface area (Å²) in [6.45, 7) is 2.12. The molecule has 0 bridgehead atoms. The highest BCUT2D eigenvalue weighted by Gasteiger charge is 2.08. The fourth-order valence-electron chi connectivity index (χ4n) is 2.36. The lowest BCUT2D eigenvalue weighted by atomic mass is 9.98. The van der Waals surface area contributed by atoms with Gasteiger partial charge in [-0.15, -0.1) is 12.4 Å². The van der Waals surface area contributed by atoms with Gasteiger partial charge in [-0.3, -0.25) is 0 Å². The van der Waals surface area contributed by atoms with Gasteiger partial charge >= 0.3 is 0 Å². The second kappa shape index (κ2) is 8.71. The third-order valence-corrected chi connectivity index (χ3v) is 3.60. The lowest BCUT2D eigenvalue weighted by Gasteiger charge is -2.13. The molecule has 0 saturated carbocycles. The van der Waals surface area contributed by atoms with Crippen molar-refractivity contribution in [2.75, 3.05) is 7.11 Å². The third kappa shape index (κ3) is 5.07. The van der Waals surface area contributed by atoms with Crippen molar-refractivity contribution in [2.24, 2.45) is 5.73 Å². The molecular weight excluding hydrogens is 282 g/mol. The smallest absolute Gasteiger partial charge is 0.122 e. The van der Waals surface area contributed by atoms with E-state index in [1.54, 1.807) is 7.11 Å². The van der Waals surface area contributed by atoms with Gasteiger partial charge in [0.2, 0.25) is 0 Å². The Hall–Kier alpha value is -1.51. The zero-order valence-electron chi connectivity index (χ0n) is 12.7. The number of ether oxygens (including phenoxy) is 1. The Morgan fingerprint density at radius 3 is 2.38 bits per heavy atom. The molecule has 2 aromatic rings. The predicted octanol–water partition coefficient (Wildman–Crippen LogP) is 3.99. The van der Waals surface area contributed by atoms with Crippen LogP contribution < -0.4 is 10.5 Å². The Bertz CT molecular complexity index is 542. The number of halogens is 1. The van der Waals surface area contributed by atoms with Crippen LogP contribution in [-0.4, -0.2) is 13.2 Å². The van der Waals surface area contributed by atoms with Gasteiger partial charge in [0.05, 0.1) is 7.11 Å². The quantitative estimate of drug-likeness (QED) is 0.876. The van der Waals surface area contributed by atoms with E-state index >= 15 is 0 Å². The second-order valence-electron chi connectivity index (χ2n) is 5.18. The van der Waals surface area contributed by atoms with Gasteiger partial charge in [-0.2, -0.15) is 0 Å². The average molecular weight is 306 g/mol. The molecule has 2 aromatic carbocycles. The molecule has 0 saturated heterocycles. The van der Waals surface area contributed by atoms with Crippen LogP contribution in [0.15, 0.2) is 48.5 Å². The van der Waals surface area contributed by atoms with Gasteiger partial charge in [0.15, 0.2) is 0 Å². The molecule has 0 heterocycles. The molecule has 0 aromatic heterocycles. The van der Waals surface area contributed by atoms with E-state index in [2.05, 4.69) is 49.4 Å². The number of hydrogen-bond acceptors (Lipinski definition) is 2. The molecule has 1 atom stereocenters. The molecule has 0 radical (unpaired) electrons. The molecule has 2 nitrogen and oxygen atoms in total. The third-order valence-electron chi connectivity index (χ3n) is 3.60. The van der Waals surface area contributed by atoms with Crippen molar-refractivity contribution in [1.29, 1.82) is 0 Å². The van der Waals surface area contributed by atoms with Crippen molar-refractivity contribution < 1.29 is 4.74 Å². The van der Waals surface area contributed by atoms with Crippen LogP contribution in [0, 0.1) is 0 Å². The van der Waals surface area contributed by atoms with Crippen molar-refractivity contribution >= 4 is 12.4 Å². The number of hydrogen-bond donors (Lipinski definition) is 1. The number of rotatable bonds is 6. The summed E-state index contributed by atoms with van der Waals surface area (Å²) in [6.07, 6.45) is 2.81. The Labute approximate surface area is 133 Å². The van der Waals surface area contributed by atoms with Gasteiger partial charge in [0, 0.05) is 12.5 Å². The minimum Gasteiger partial charge on any atom is -0.496 e. The van der Waals surface area contributed by atoms with E-state index in [0.717, 1.165) is 25.0 Å². The fourth-order valence-corrected chi connectivity index (χ4v) is 2.36. The van der Waals surface area contributed by atoms with E-state index in [-0.39, 0.29) is 18.4 Å². The topological polar surface area (TPSA) is 35.2 Å². The first kappa shape index (κ1) is 17.5. The SMILES string of the molecule is CCC(N)Cc1ccc(OC)c(Cc2ccccc2)c1.Cl. The highest BCUT2D eigenvalue weighted by atomic mass is 35.5. The largest absolute Gasteiger partial charge is 0.496 e. The number of nitrogens with two attached hydrogens (primary N) is 1. The molecule has 0 fully saturated rings. The summed E-state index contributed by atoms with van der Waals surface area (Å²) in [6, 6.07) is 17.1. The highest BCUT2D eigenvalue weighted by molar-refractivity contribution is 5.85. The Balaban J connectivity index is 0.00000220. The van der Waals surface area contributed by atoms with Gasteiger partial charge in [-0.1, -0.05) is 49.4 Å². The zero-order chi connectivity index (χ0) is 14.4. The van der Waals surface area contributed by atoms with E-state index in [9.17, 15) is 0 Å². The Morgan fingerprint density at radius 2 is 1.76 bits per heavy atom. The molecule has 0 aliphatic rings. The van der Waals surface area contributed by atoms with Crippen LogP contribution in [0.5, 0.6) is 5.75 Å². The van der Waals surface area contributed by atoms with E-state index in [1.807, 2.05) is 6.07 Å². The summed E-state index contributed by atoms with van der Waals surface area (Å²) >= 11 is 0. The molecular formula is C18H24ClNO. The minimum atomic E-state index is 0. The number of methoxy groups -OCH3 is 1. The van der Waals surface area contributed by atoms with Crippen molar-refractivity contribution in [1.82, 2.24) is 0 Å². The van der Waals surface area contributed by atoms with E-state index in [1.165, 1.54) is 16.7 Å². The Kier molecular flexibility index (Phi) is 7.27. The number of benzene rings is 2. The standard InChI is InChI=1S/C18H23NO.ClH/c1-3-17(19)13-15-9-10-18(20-2)16(12-15)11-14-7-5-4-6-8-14;/h4-10,12,17H,3,11,13,19H2,1-2H3;1H. The van der Waals surface area contributed by atoms with Crippen molar-refractivity contribution in [2.45, 2.75) is 32.2 Å². The van der Waals surface area contributed by atoms with E-state index < -0.39 is 0 Å². The van der Waals surface area contributed by atoms with Crippen molar-refractivity contribution in [3.05, 3.63) is 65.2 Å². The first-order chi connectivity index (χ1) is 9.72. The second-order valence-corrected chi connectivity index (χ2v) is 5.18. The summed E-state index contributed by atoms with van der Waals surface area (Å²) in [5.41, 5.74) is 9.85. The highest BCUT2D eigenvalue weighted by Crippen LogP contribution is 2.23. The molecule has 2 N–H and O–H groups in total. The van der Waals surface area contributed by atoms with Crippen LogP contribution >= 0.6 is 12.4 Å². The van der Waals surface area contributed by atoms with Crippen LogP contribution in [0.25, 0.3) is 0 Å². The van der Waals surface area contributed by atoms with Crippen LogP contribution in [0.4, 0.5) is 0 Å². The summed E-state index contributed by atoms with van der Waals surface area (Å²) in [5.74, 6) is 0.947. The average Bonchev–Trinajstić information content (AvgIpc) is 2.48. The van der Waals surface area contributed by atoms with Crippen LogP contribution in [-0.2, 0) is 12.8 Å². The fraction of sp³-hybridized carbons (Fsp3) is 0.333. The molecule has 0 aliphatic heterocycles. The van der Waals surface area contributed by atoms with Gasteiger partial charge in [0.25, 0.3) is 0 Å². The molecule has 2 rings (SSSR count). The normalized spacial score (nSPS) is 11.6. The van der Waals surface area contributed by atoms with Crippen LogP contribution in [0.2, 0.25) is 0 Å². The molecule has 114 valence electrons. The van der Waals surface area contributed by atoms with Gasteiger partial charge in [-0.25, -0.2) is 0 Å². The molecule has 0 spiro atoms. The summed E-state index contributed by atoms with van der Waals surface area (Å²) < 4.78 is 5.47. The molecule has 21 heavy (non-hydrogen) atoms. The zero-order valence-corrected chi connectivity index (χ0v) is 13.5. The molecule has 0 amide bonds. The summed E-state index contributed by atoms with van der Waals surface area (Å²) in [4.78, 5) is 0. The first-order valence-electron chi connectivity index (χ1n) is 7.18. The molecule has 1 unspecified atom stereocenters. The summed E-state index contributed by atoms with van der Waals surface area (Å²) in [5, 5.41) is 0. The van der Waals surface area contributed by atoms with Crippen molar-refractivity contribution in [3.63, 3.8) is 0 Å². The lowest BCUT2D eigenvalue weighted by Crippen LogP contribution is -2.21. The minimum absolute atomic E-state index is 0. The Morgan fingerprint density at radius 1 is 1.05 bits per heavy atom.